The number of nitrogen functional groups attached to an aromatic ring is 1. The number of amides is 2. The molecule has 0 radical (unpaired) electrons. The molecule has 0 spiro atoms. The number of aliphatic hydroxyl groups excluding tert-OH is 1. The first-order chi connectivity index (χ1) is 23.4. The van der Waals surface area contributed by atoms with Gasteiger partial charge in [0.25, 0.3) is 5.03 Å². The molecule has 11 heteroatoms. The van der Waals surface area contributed by atoms with Crippen molar-refractivity contribution < 1.29 is 28.9 Å². The van der Waals surface area contributed by atoms with Crippen LogP contribution >= 0.6 is 11.8 Å². The first kappa shape index (κ1) is 34.9. The lowest BCUT2D eigenvalue weighted by molar-refractivity contribution is -0.645. The highest BCUT2D eigenvalue weighted by molar-refractivity contribution is 7.99. The number of hydrogen-bond donors (Lipinski definition) is 4. The highest BCUT2D eigenvalue weighted by Gasteiger charge is 2.33. The van der Waals surface area contributed by atoms with Gasteiger partial charge in [0.05, 0.1) is 30.2 Å². The topological polar surface area (TPSA) is 150 Å². The number of anilines is 3. The Balaban J connectivity index is 1.12. The number of aromatic nitrogens is 1. The van der Waals surface area contributed by atoms with E-state index < -0.39 is 6.29 Å². The van der Waals surface area contributed by atoms with Gasteiger partial charge in [-0.3, -0.25) is 9.59 Å². The molecule has 2 amide bonds. The van der Waals surface area contributed by atoms with Gasteiger partial charge in [-0.25, -0.2) is 0 Å². The summed E-state index contributed by atoms with van der Waals surface area (Å²) >= 11 is 1.44. The van der Waals surface area contributed by atoms with Crippen molar-refractivity contribution in [3.63, 3.8) is 0 Å². The Bertz CT molecular complexity index is 1650. The van der Waals surface area contributed by atoms with Crippen LogP contribution in [0.4, 0.5) is 17.1 Å². The third kappa shape index (κ3) is 10.3. The summed E-state index contributed by atoms with van der Waals surface area (Å²) in [6.45, 7) is -0.0360. The standard InChI is InChI=1S/C37H42N4O6S/c38-31-12-5-6-13-32(31)40-35(44)15-4-2-1-3-14-34(43)39-29-11-9-10-28(22-29)37-46-30(25-48-36-16-7-8-21-41(36)45)23-33(47-37)27-19-17-26(24-42)18-20-27/h5-13,16-22,30,33,37,42H,1-4,14-15,23-25,38H2,(H,39,43)(H,40,44). The second-order valence-corrected chi connectivity index (χ2v) is 12.8. The van der Waals surface area contributed by atoms with E-state index in [1.807, 2.05) is 66.7 Å². The largest absolute Gasteiger partial charge is 0.618 e. The number of benzene rings is 3. The van der Waals surface area contributed by atoms with Gasteiger partial charge in [0.15, 0.2) is 12.5 Å². The van der Waals surface area contributed by atoms with E-state index in [9.17, 15) is 19.9 Å². The minimum Gasteiger partial charge on any atom is -0.618 e. The number of nitrogens with one attached hydrogen (secondary N) is 2. The predicted octanol–water partition coefficient (Wildman–Crippen LogP) is 6.65. The number of thioether (sulfide) groups is 1. The van der Waals surface area contributed by atoms with Crippen LogP contribution in [-0.2, 0) is 25.7 Å². The minimum atomic E-state index is -0.686. The van der Waals surface area contributed by atoms with Crippen LogP contribution in [0.2, 0.25) is 0 Å². The molecule has 0 aliphatic carbocycles. The van der Waals surface area contributed by atoms with Gasteiger partial charge in [-0.15, -0.1) is 0 Å². The van der Waals surface area contributed by atoms with E-state index in [4.69, 9.17) is 15.2 Å². The number of hydrogen-bond acceptors (Lipinski definition) is 8. The Morgan fingerprint density at radius 1 is 0.854 bits per heavy atom. The van der Waals surface area contributed by atoms with Crippen molar-refractivity contribution in [2.75, 3.05) is 22.1 Å². The summed E-state index contributed by atoms with van der Waals surface area (Å²) in [7, 11) is 0. The molecule has 1 aliphatic rings. The summed E-state index contributed by atoms with van der Waals surface area (Å²) in [5.41, 5.74) is 10.3. The SMILES string of the molecule is Nc1ccccc1NC(=O)CCCCCCC(=O)Nc1cccc(C2OC(CSc3cccc[n+]3[O-])CC(c3ccc(CO)cc3)O2)c1. The summed E-state index contributed by atoms with van der Waals surface area (Å²) < 4.78 is 13.7. The van der Waals surface area contributed by atoms with Crippen molar-refractivity contribution in [2.45, 2.75) is 75.1 Å². The molecule has 1 saturated heterocycles. The summed E-state index contributed by atoms with van der Waals surface area (Å²) in [5.74, 6) is 0.402. The van der Waals surface area contributed by atoms with Gasteiger partial charge in [0, 0.05) is 48.4 Å². The molecular formula is C37H42N4O6S. The van der Waals surface area contributed by atoms with E-state index in [1.165, 1.54) is 18.0 Å². The molecule has 5 N–H and O–H groups in total. The van der Waals surface area contributed by atoms with E-state index in [-0.39, 0.29) is 30.6 Å². The van der Waals surface area contributed by atoms with Crippen LogP contribution in [0.3, 0.4) is 0 Å². The maximum atomic E-state index is 12.8. The average Bonchev–Trinajstić information content (AvgIpc) is 3.10. The zero-order valence-electron chi connectivity index (χ0n) is 26.8. The number of unbranched alkanes of at least 4 members (excludes halogenated alkanes) is 3. The lowest BCUT2D eigenvalue weighted by Gasteiger charge is -2.36. The number of ether oxygens (including phenoxy) is 2. The quantitative estimate of drug-likeness (QED) is 0.0361. The Labute approximate surface area is 285 Å². The molecule has 0 bridgehead atoms. The van der Waals surface area contributed by atoms with Gasteiger partial charge in [-0.1, -0.05) is 73.1 Å². The van der Waals surface area contributed by atoms with Crippen LogP contribution in [0.5, 0.6) is 0 Å². The fourth-order valence-corrected chi connectivity index (χ4v) is 6.39. The third-order valence-electron chi connectivity index (χ3n) is 8.06. The van der Waals surface area contributed by atoms with E-state index in [0.29, 0.717) is 53.5 Å². The van der Waals surface area contributed by atoms with Crippen LogP contribution in [0.25, 0.3) is 0 Å². The molecule has 2 heterocycles. The van der Waals surface area contributed by atoms with Crippen molar-refractivity contribution >= 4 is 40.6 Å². The first-order valence-electron chi connectivity index (χ1n) is 16.2. The number of nitrogens with two attached hydrogens (primary N) is 1. The number of rotatable bonds is 15. The zero-order valence-corrected chi connectivity index (χ0v) is 27.6. The summed E-state index contributed by atoms with van der Waals surface area (Å²) in [4.78, 5) is 25.0. The predicted molar refractivity (Wildman–Crippen MR) is 187 cm³/mol. The van der Waals surface area contributed by atoms with Crippen molar-refractivity contribution in [1.82, 2.24) is 0 Å². The Kier molecular flexibility index (Phi) is 12.8. The molecule has 3 aromatic carbocycles. The second kappa shape index (κ2) is 17.7. The zero-order chi connectivity index (χ0) is 33.7. The van der Waals surface area contributed by atoms with Crippen molar-refractivity contribution in [3.8, 4) is 0 Å². The summed E-state index contributed by atoms with van der Waals surface area (Å²) in [6, 6.07) is 27.6. The Morgan fingerprint density at radius 3 is 2.31 bits per heavy atom. The number of para-hydroxylation sites is 2. The molecule has 3 unspecified atom stereocenters. The maximum absolute atomic E-state index is 12.8. The van der Waals surface area contributed by atoms with Gasteiger partial charge in [0.2, 0.25) is 11.8 Å². The smallest absolute Gasteiger partial charge is 0.251 e. The highest BCUT2D eigenvalue weighted by atomic mass is 32.2. The van der Waals surface area contributed by atoms with Crippen molar-refractivity contribution in [1.29, 1.82) is 0 Å². The molecule has 1 aromatic heterocycles. The Morgan fingerprint density at radius 2 is 1.58 bits per heavy atom. The molecule has 5 rings (SSSR count). The van der Waals surface area contributed by atoms with E-state index >= 15 is 0 Å². The lowest BCUT2D eigenvalue weighted by atomic mass is 10.0. The normalized spacial score (nSPS) is 17.5. The van der Waals surface area contributed by atoms with Crippen LogP contribution in [0.15, 0.2) is 102 Å². The number of nitrogens with zero attached hydrogens (tertiary/aromatic N) is 1. The van der Waals surface area contributed by atoms with E-state index in [2.05, 4.69) is 10.6 Å². The van der Waals surface area contributed by atoms with Crippen molar-refractivity contribution in [3.05, 3.63) is 119 Å². The van der Waals surface area contributed by atoms with Gasteiger partial charge in [-0.2, -0.15) is 4.73 Å². The molecule has 3 atom stereocenters. The summed E-state index contributed by atoms with van der Waals surface area (Å²) in [5, 5.41) is 28.1. The van der Waals surface area contributed by atoms with Gasteiger partial charge >= 0.3 is 0 Å². The van der Waals surface area contributed by atoms with Gasteiger partial charge in [0.1, 0.15) is 0 Å². The molecule has 0 saturated carbocycles. The minimum absolute atomic E-state index is 0.0360. The highest BCUT2D eigenvalue weighted by Crippen LogP contribution is 2.39. The van der Waals surface area contributed by atoms with Crippen LogP contribution < -0.4 is 21.1 Å². The van der Waals surface area contributed by atoms with Gasteiger partial charge in [-0.05, 0) is 54.3 Å². The van der Waals surface area contributed by atoms with Crippen LogP contribution in [-0.4, -0.2) is 28.8 Å². The first-order valence-corrected chi connectivity index (χ1v) is 17.2. The monoisotopic (exact) mass is 670 g/mol. The Hall–Kier alpha value is -4.42. The average molecular weight is 671 g/mol. The van der Waals surface area contributed by atoms with E-state index in [1.54, 1.807) is 24.3 Å². The molecule has 48 heavy (non-hydrogen) atoms. The van der Waals surface area contributed by atoms with Crippen LogP contribution in [0.1, 0.15) is 74.0 Å². The lowest BCUT2D eigenvalue weighted by Crippen LogP contribution is -2.32. The molecular weight excluding hydrogens is 628 g/mol. The molecule has 10 nitrogen and oxygen atoms in total. The van der Waals surface area contributed by atoms with Crippen LogP contribution in [0, 0.1) is 5.21 Å². The molecule has 4 aromatic rings. The van der Waals surface area contributed by atoms with Gasteiger partial charge < -0.3 is 36.2 Å². The number of aliphatic hydroxyl groups is 1. The second-order valence-electron chi connectivity index (χ2n) is 11.7. The van der Waals surface area contributed by atoms with Crippen molar-refractivity contribution in [2.24, 2.45) is 0 Å². The molecule has 1 fully saturated rings. The molecule has 252 valence electrons. The third-order valence-corrected chi connectivity index (χ3v) is 9.21. The summed E-state index contributed by atoms with van der Waals surface area (Å²) in [6.07, 6.45) is 4.82. The number of carbonyl (C=O) groups excluding carboxylic acids is 2. The fraction of sp³-hybridized carbons (Fsp3) is 0.324. The molecule has 1 aliphatic heterocycles. The number of pyridine rings is 1. The maximum Gasteiger partial charge on any atom is 0.251 e. The van der Waals surface area contributed by atoms with E-state index in [0.717, 1.165) is 40.7 Å². The fourth-order valence-electron chi connectivity index (χ4n) is 5.46. The number of carbonyl (C=O) groups is 2.